The molecule has 0 atom stereocenters. The number of hydrogen-bond acceptors (Lipinski definition) is 4. The van der Waals surface area contributed by atoms with Crippen molar-refractivity contribution in [2.24, 2.45) is 0 Å². The second-order valence-electron chi connectivity index (χ2n) is 6.49. The second-order valence-corrected chi connectivity index (χ2v) is 7.50. The summed E-state index contributed by atoms with van der Waals surface area (Å²) >= 11 is 1.67. The Bertz CT molecular complexity index is 927. The molecule has 0 amide bonds. The van der Waals surface area contributed by atoms with Gasteiger partial charge in [0.05, 0.1) is 15.8 Å². The van der Waals surface area contributed by atoms with Gasteiger partial charge in [-0.1, -0.05) is 23.5 Å². The molecule has 136 valence electrons. The van der Waals surface area contributed by atoms with E-state index in [1.807, 2.05) is 11.0 Å². The predicted molar refractivity (Wildman–Crippen MR) is 100 cm³/mol. The van der Waals surface area contributed by atoms with Crippen LogP contribution in [0.1, 0.15) is 11.1 Å². The molecule has 0 radical (unpaired) electrons. The fourth-order valence-corrected chi connectivity index (χ4v) is 4.31. The summed E-state index contributed by atoms with van der Waals surface area (Å²) in [6, 6.07) is 11.8. The molecule has 3 nitrogen and oxygen atoms in total. The number of hydrogen-bond donors (Lipinski definition) is 0. The van der Waals surface area contributed by atoms with E-state index in [0.717, 1.165) is 29.8 Å². The molecule has 0 saturated carbocycles. The van der Waals surface area contributed by atoms with E-state index in [0.29, 0.717) is 18.8 Å². The van der Waals surface area contributed by atoms with E-state index >= 15 is 0 Å². The van der Waals surface area contributed by atoms with Crippen molar-refractivity contribution in [3.8, 4) is 0 Å². The normalized spacial score (nSPS) is 15.7. The predicted octanol–water partition coefficient (Wildman–Crippen LogP) is 4.95. The summed E-state index contributed by atoms with van der Waals surface area (Å²) < 4.78 is 39.9. The molecular formula is C19H18F3N3S. The second kappa shape index (κ2) is 6.46. The van der Waals surface area contributed by atoms with Crippen LogP contribution in [0.3, 0.4) is 0 Å². The SMILES string of the molecule is Cc1ccc2nc(N3CCN(c4cccc(C(F)(F)F)c4)CC3)sc2c1. The third kappa shape index (κ3) is 3.35. The largest absolute Gasteiger partial charge is 0.416 e. The molecule has 26 heavy (non-hydrogen) atoms. The molecular weight excluding hydrogens is 359 g/mol. The maximum absolute atomic E-state index is 12.9. The Hall–Kier alpha value is -2.28. The Morgan fingerprint density at radius 3 is 2.42 bits per heavy atom. The van der Waals surface area contributed by atoms with Gasteiger partial charge >= 0.3 is 6.18 Å². The molecule has 4 rings (SSSR count). The van der Waals surface area contributed by atoms with Crippen LogP contribution in [0.5, 0.6) is 0 Å². The first-order valence-corrected chi connectivity index (χ1v) is 9.26. The lowest BCUT2D eigenvalue weighted by atomic mass is 10.1. The first-order valence-electron chi connectivity index (χ1n) is 8.44. The van der Waals surface area contributed by atoms with Gasteiger partial charge in [-0.25, -0.2) is 4.98 Å². The van der Waals surface area contributed by atoms with Gasteiger partial charge in [0.2, 0.25) is 0 Å². The van der Waals surface area contributed by atoms with Gasteiger partial charge in [-0.05, 0) is 42.8 Å². The topological polar surface area (TPSA) is 19.4 Å². The highest BCUT2D eigenvalue weighted by molar-refractivity contribution is 7.22. The standard InChI is InChI=1S/C19H18F3N3S/c1-13-5-6-16-17(11-13)26-18(23-16)25-9-7-24(8-10-25)15-4-2-3-14(12-15)19(20,21)22/h2-6,11-12H,7-10H2,1H3. The maximum atomic E-state index is 12.9. The number of alkyl halides is 3. The van der Waals surface area contributed by atoms with Crippen LogP contribution in [0.15, 0.2) is 42.5 Å². The molecule has 3 aromatic rings. The van der Waals surface area contributed by atoms with Crippen molar-refractivity contribution in [1.82, 2.24) is 4.98 Å². The summed E-state index contributed by atoms with van der Waals surface area (Å²) in [6.07, 6.45) is -4.31. The number of aromatic nitrogens is 1. The van der Waals surface area contributed by atoms with Crippen LogP contribution in [0.4, 0.5) is 24.0 Å². The molecule has 0 spiro atoms. The van der Waals surface area contributed by atoms with E-state index in [9.17, 15) is 13.2 Å². The molecule has 0 N–H and O–H groups in total. The number of fused-ring (bicyclic) bond motifs is 1. The molecule has 1 aliphatic heterocycles. The minimum Gasteiger partial charge on any atom is -0.368 e. The lowest BCUT2D eigenvalue weighted by Crippen LogP contribution is -2.46. The quantitative estimate of drug-likeness (QED) is 0.630. The van der Waals surface area contributed by atoms with E-state index in [1.54, 1.807) is 17.4 Å². The minimum absolute atomic E-state index is 0.598. The average Bonchev–Trinajstić information content (AvgIpc) is 3.04. The zero-order chi connectivity index (χ0) is 18.3. The summed E-state index contributed by atoms with van der Waals surface area (Å²) in [4.78, 5) is 8.91. The van der Waals surface area contributed by atoms with E-state index in [2.05, 4.69) is 24.0 Å². The van der Waals surface area contributed by atoms with Crippen molar-refractivity contribution < 1.29 is 13.2 Å². The Labute approximate surface area is 153 Å². The molecule has 1 saturated heterocycles. The molecule has 7 heteroatoms. The Morgan fingerprint density at radius 2 is 1.69 bits per heavy atom. The Kier molecular flexibility index (Phi) is 4.26. The van der Waals surface area contributed by atoms with Crippen molar-refractivity contribution >= 4 is 32.4 Å². The fraction of sp³-hybridized carbons (Fsp3) is 0.316. The van der Waals surface area contributed by atoms with E-state index in [4.69, 9.17) is 4.98 Å². The van der Waals surface area contributed by atoms with Crippen LogP contribution in [0.2, 0.25) is 0 Å². The van der Waals surface area contributed by atoms with Crippen LogP contribution in [0.25, 0.3) is 10.2 Å². The molecule has 2 heterocycles. The number of halogens is 3. The molecule has 1 fully saturated rings. The number of aryl methyl sites for hydroxylation is 1. The molecule has 2 aromatic carbocycles. The van der Waals surface area contributed by atoms with Gasteiger partial charge in [-0.3, -0.25) is 0 Å². The summed E-state index contributed by atoms with van der Waals surface area (Å²) in [6.45, 7) is 4.91. The van der Waals surface area contributed by atoms with E-state index < -0.39 is 11.7 Å². The lowest BCUT2D eigenvalue weighted by molar-refractivity contribution is -0.137. The van der Waals surface area contributed by atoms with Crippen LogP contribution in [-0.2, 0) is 6.18 Å². The smallest absolute Gasteiger partial charge is 0.368 e. The number of benzene rings is 2. The summed E-state index contributed by atoms with van der Waals surface area (Å²) in [5.41, 5.74) is 2.23. The van der Waals surface area contributed by atoms with Crippen LogP contribution in [0, 0.1) is 6.92 Å². The van der Waals surface area contributed by atoms with Crippen LogP contribution in [-0.4, -0.2) is 31.2 Å². The highest BCUT2D eigenvalue weighted by Gasteiger charge is 2.31. The lowest BCUT2D eigenvalue weighted by Gasteiger charge is -2.36. The maximum Gasteiger partial charge on any atom is 0.416 e. The Balaban J connectivity index is 1.48. The fourth-order valence-electron chi connectivity index (χ4n) is 3.19. The number of anilines is 2. The highest BCUT2D eigenvalue weighted by Crippen LogP contribution is 2.33. The molecule has 1 aliphatic rings. The third-order valence-electron chi connectivity index (χ3n) is 4.62. The first-order chi connectivity index (χ1) is 12.4. The van der Waals surface area contributed by atoms with Gasteiger partial charge in [0.15, 0.2) is 5.13 Å². The van der Waals surface area contributed by atoms with Crippen molar-refractivity contribution in [3.63, 3.8) is 0 Å². The molecule has 0 bridgehead atoms. The van der Waals surface area contributed by atoms with Gasteiger partial charge in [-0.15, -0.1) is 0 Å². The number of piperazine rings is 1. The van der Waals surface area contributed by atoms with Crippen molar-refractivity contribution in [2.75, 3.05) is 36.0 Å². The van der Waals surface area contributed by atoms with E-state index in [-0.39, 0.29) is 0 Å². The van der Waals surface area contributed by atoms with Crippen LogP contribution < -0.4 is 9.80 Å². The number of nitrogens with zero attached hydrogens (tertiary/aromatic N) is 3. The first kappa shape index (κ1) is 17.1. The van der Waals surface area contributed by atoms with Crippen molar-refractivity contribution in [1.29, 1.82) is 0 Å². The molecule has 1 aromatic heterocycles. The summed E-state index contributed by atoms with van der Waals surface area (Å²) in [5, 5.41) is 0.981. The average molecular weight is 377 g/mol. The highest BCUT2D eigenvalue weighted by atomic mass is 32.1. The molecule has 0 unspecified atom stereocenters. The number of rotatable bonds is 2. The number of thiazole rings is 1. The zero-order valence-corrected chi connectivity index (χ0v) is 15.1. The van der Waals surface area contributed by atoms with Gasteiger partial charge in [0.1, 0.15) is 0 Å². The van der Waals surface area contributed by atoms with Gasteiger partial charge in [0, 0.05) is 31.9 Å². The molecule has 0 aliphatic carbocycles. The van der Waals surface area contributed by atoms with E-state index in [1.165, 1.54) is 22.4 Å². The summed E-state index contributed by atoms with van der Waals surface area (Å²) in [5.74, 6) is 0. The van der Waals surface area contributed by atoms with Crippen molar-refractivity contribution in [2.45, 2.75) is 13.1 Å². The zero-order valence-electron chi connectivity index (χ0n) is 14.3. The third-order valence-corrected chi connectivity index (χ3v) is 5.70. The van der Waals surface area contributed by atoms with Gasteiger partial charge < -0.3 is 9.80 Å². The van der Waals surface area contributed by atoms with Gasteiger partial charge in [-0.2, -0.15) is 13.2 Å². The monoisotopic (exact) mass is 377 g/mol. The Morgan fingerprint density at radius 1 is 0.962 bits per heavy atom. The van der Waals surface area contributed by atoms with Crippen molar-refractivity contribution in [3.05, 3.63) is 53.6 Å². The summed E-state index contributed by atoms with van der Waals surface area (Å²) in [7, 11) is 0. The van der Waals surface area contributed by atoms with Crippen LogP contribution >= 0.6 is 11.3 Å². The van der Waals surface area contributed by atoms with Gasteiger partial charge in [0.25, 0.3) is 0 Å². The minimum atomic E-state index is -4.31.